The van der Waals surface area contributed by atoms with Gasteiger partial charge in [-0.05, 0) is 19.1 Å². The first-order valence-electron chi connectivity index (χ1n) is 6.96. The molecule has 0 saturated carbocycles. The molecule has 0 unspecified atom stereocenters. The number of nitrogens with one attached hydrogen (secondary N) is 1. The summed E-state index contributed by atoms with van der Waals surface area (Å²) in [5.41, 5.74) is -0.221. The van der Waals surface area contributed by atoms with E-state index in [1.165, 1.54) is 11.8 Å². The molecule has 2 aromatic carbocycles. The average molecular weight is 312 g/mol. The molecular formula is C17H16N2O2S. The molecule has 0 saturated heterocycles. The quantitative estimate of drug-likeness (QED) is 0.916. The highest BCUT2D eigenvalue weighted by Crippen LogP contribution is 2.39. The van der Waals surface area contributed by atoms with Crippen LogP contribution in [0, 0.1) is 0 Å². The van der Waals surface area contributed by atoms with Crippen molar-refractivity contribution < 1.29 is 9.90 Å². The zero-order chi connectivity index (χ0) is 15.6. The van der Waals surface area contributed by atoms with E-state index in [1.807, 2.05) is 55.5 Å². The molecular weight excluding hydrogens is 296 g/mol. The van der Waals surface area contributed by atoms with Crippen LogP contribution in [-0.2, 0) is 5.72 Å². The molecule has 5 heteroatoms. The van der Waals surface area contributed by atoms with Crippen LogP contribution in [0.3, 0.4) is 0 Å². The molecule has 0 bridgehead atoms. The van der Waals surface area contributed by atoms with Crippen molar-refractivity contribution in [2.45, 2.75) is 18.0 Å². The summed E-state index contributed by atoms with van der Waals surface area (Å²) in [7, 11) is 0. The van der Waals surface area contributed by atoms with Crippen LogP contribution < -0.4 is 5.32 Å². The number of carbonyl (C=O) groups is 1. The molecule has 0 fully saturated rings. The summed E-state index contributed by atoms with van der Waals surface area (Å²) < 4.78 is 0. The molecule has 1 aliphatic heterocycles. The van der Waals surface area contributed by atoms with Crippen molar-refractivity contribution in [3.63, 3.8) is 0 Å². The lowest BCUT2D eigenvalue weighted by Crippen LogP contribution is -2.45. The second kappa shape index (κ2) is 5.94. The first kappa shape index (κ1) is 14.8. The van der Waals surface area contributed by atoms with Gasteiger partial charge in [-0.3, -0.25) is 4.79 Å². The summed E-state index contributed by atoms with van der Waals surface area (Å²) in [6.45, 7) is 1.83. The van der Waals surface area contributed by atoms with Crippen LogP contribution in [0.5, 0.6) is 0 Å². The summed E-state index contributed by atoms with van der Waals surface area (Å²) in [6, 6.07) is 18.1. The Balaban J connectivity index is 1.86. The van der Waals surface area contributed by atoms with Gasteiger partial charge in [-0.15, -0.1) is 0 Å². The van der Waals surface area contributed by atoms with Crippen molar-refractivity contribution in [1.29, 1.82) is 0 Å². The highest BCUT2D eigenvalue weighted by molar-refractivity contribution is 8.14. The lowest BCUT2D eigenvalue weighted by atomic mass is 10.0. The third kappa shape index (κ3) is 2.77. The monoisotopic (exact) mass is 312 g/mol. The van der Waals surface area contributed by atoms with E-state index < -0.39 is 11.1 Å². The Labute approximate surface area is 133 Å². The van der Waals surface area contributed by atoms with Gasteiger partial charge >= 0.3 is 0 Å². The van der Waals surface area contributed by atoms with Crippen molar-refractivity contribution in [2.24, 2.45) is 4.99 Å². The van der Waals surface area contributed by atoms with Crippen LogP contribution in [-0.4, -0.2) is 21.4 Å². The van der Waals surface area contributed by atoms with Gasteiger partial charge in [0.2, 0.25) is 5.72 Å². The molecule has 22 heavy (non-hydrogen) atoms. The zero-order valence-corrected chi connectivity index (χ0v) is 12.9. The highest BCUT2D eigenvalue weighted by atomic mass is 32.2. The third-order valence-electron chi connectivity index (χ3n) is 3.48. The van der Waals surface area contributed by atoms with Gasteiger partial charge < -0.3 is 10.4 Å². The maximum absolute atomic E-state index is 12.3. The Morgan fingerprint density at radius 2 is 1.73 bits per heavy atom. The molecule has 1 aliphatic rings. The first-order chi connectivity index (χ1) is 10.6. The summed E-state index contributed by atoms with van der Waals surface area (Å²) in [5.74, 6) is -0.225. The maximum Gasteiger partial charge on any atom is 0.252 e. The second-order valence-electron chi connectivity index (χ2n) is 5.06. The number of nitrogens with zero attached hydrogens (tertiary/aromatic N) is 1. The topological polar surface area (TPSA) is 61.7 Å². The van der Waals surface area contributed by atoms with Crippen LogP contribution in [0.2, 0.25) is 0 Å². The van der Waals surface area contributed by atoms with Gasteiger partial charge in [0.1, 0.15) is 5.37 Å². The molecule has 2 N–H and O–H groups in total. The van der Waals surface area contributed by atoms with E-state index in [2.05, 4.69) is 10.3 Å². The summed E-state index contributed by atoms with van der Waals surface area (Å²) >= 11 is 1.36. The molecule has 1 amide bonds. The molecule has 3 rings (SSSR count). The Morgan fingerprint density at radius 1 is 1.14 bits per heavy atom. The molecule has 0 aromatic heterocycles. The minimum Gasteiger partial charge on any atom is -0.363 e. The lowest BCUT2D eigenvalue weighted by Gasteiger charge is -2.28. The Hall–Kier alpha value is -2.11. The lowest BCUT2D eigenvalue weighted by molar-refractivity contribution is 0.0361. The average Bonchev–Trinajstić information content (AvgIpc) is 2.84. The van der Waals surface area contributed by atoms with E-state index in [0.717, 1.165) is 5.04 Å². The smallest absolute Gasteiger partial charge is 0.252 e. The zero-order valence-electron chi connectivity index (χ0n) is 12.1. The second-order valence-corrected chi connectivity index (χ2v) is 6.36. The van der Waals surface area contributed by atoms with Gasteiger partial charge in [-0.1, -0.05) is 60.3 Å². The highest BCUT2D eigenvalue weighted by Gasteiger charge is 2.44. The molecule has 2 atom stereocenters. The fraction of sp³-hybridized carbons (Fsp3) is 0.176. The molecule has 4 nitrogen and oxygen atoms in total. The fourth-order valence-corrected chi connectivity index (χ4v) is 3.45. The van der Waals surface area contributed by atoms with E-state index in [0.29, 0.717) is 11.1 Å². The predicted molar refractivity (Wildman–Crippen MR) is 88.7 cm³/mol. The van der Waals surface area contributed by atoms with Crippen LogP contribution >= 0.6 is 11.8 Å². The van der Waals surface area contributed by atoms with Gasteiger partial charge in [0, 0.05) is 11.1 Å². The van der Waals surface area contributed by atoms with Crippen LogP contribution in [0.25, 0.3) is 0 Å². The number of benzene rings is 2. The number of carbonyl (C=O) groups excluding carboxylic acids is 1. The summed E-state index contributed by atoms with van der Waals surface area (Å²) in [4.78, 5) is 16.7. The van der Waals surface area contributed by atoms with Gasteiger partial charge in [0.05, 0.1) is 5.04 Å². The number of amides is 1. The Bertz CT molecular complexity index is 703. The third-order valence-corrected chi connectivity index (χ3v) is 4.59. The predicted octanol–water partition coefficient (Wildman–Crippen LogP) is 2.75. The number of hydrogen-bond donors (Lipinski definition) is 2. The van der Waals surface area contributed by atoms with E-state index in [4.69, 9.17) is 0 Å². The van der Waals surface area contributed by atoms with Crippen molar-refractivity contribution in [3.05, 3.63) is 71.8 Å². The Kier molecular flexibility index (Phi) is 4.00. The summed E-state index contributed by atoms with van der Waals surface area (Å²) in [6.07, 6.45) is 0. The molecule has 2 aromatic rings. The Morgan fingerprint density at radius 3 is 2.36 bits per heavy atom. The van der Waals surface area contributed by atoms with Gasteiger partial charge in [-0.25, -0.2) is 4.99 Å². The molecule has 1 heterocycles. The number of rotatable bonds is 3. The summed E-state index contributed by atoms with van der Waals surface area (Å²) in [5, 5.41) is 14.0. The SMILES string of the molecule is CC1=N[C@](O)(c2ccccc2)[C@@H](NC(=O)c2ccccc2)S1. The number of aliphatic imine (C=N–C) groups is 1. The van der Waals surface area contributed by atoms with Crippen LogP contribution in [0.15, 0.2) is 65.7 Å². The molecule has 0 aliphatic carbocycles. The number of aliphatic hydroxyl groups is 1. The fourth-order valence-electron chi connectivity index (χ4n) is 2.40. The van der Waals surface area contributed by atoms with Crippen LogP contribution in [0.1, 0.15) is 22.8 Å². The van der Waals surface area contributed by atoms with Gasteiger partial charge in [0.25, 0.3) is 5.91 Å². The standard InChI is InChI=1S/C17H16N2O2S/c1-12-19-17(21,14-10-6-3-7-11-14)16(22-12)18-15(20)13-8-4-2-5-9-13/h2-11,16,21H,1H3,(H,18,20)/t16-,17-/m0/s1. The number of thioether (sulfide) groups is 1. The molecule has 0 spiro atoms. The van der Waals surface area contributed by atoms with Crippen molar-refractivity contribution in [1.82, 2.24) is 5.32 Å². The van der Waals surface area contributed by atoms with E-state index in [9.17, 15) is 9.90 Å². The van der Waals surface area contributed by atoms with E-state index in [1.54, 1.807) is 12.1 Å². The minimum atomic E-state index is -1.44. The van der Waals surface area contributed by atoms with E-state index in [-0.39, 0.29) is 5.91 Å². The van der Waals surface area contributed by atoms with Crippen molar-refractivity contribution in [3.8, 4) is 0 Å². The maximum atomic E-state index is 12.3. The number of hydrogen-bond acceptors (Lipinski definition) is 4. The minimum absolute atomic E-state index is 0.225. The molecule has 112 valence electrons. The largest absolute Gasteiger partial charge is 0.363 e. The van der Waals surface area contributed by atoms with Crippen molar-refractivity contribution in [2.75, 3.05) is 0 Å². The van der Waals surface area contributed by atoms with E-state index >= 15 is 0 Å². The van der Waals surface area contributed by atoms with Gasteiger partial charge in [-0.2, -0.15) is 0 Å². The van der Waals surface area contributed by atoms with Gasteiger partial charge in [0.15, 0.2) is 0 Å². The first-order valence-corrected chi connectivity index (χ1v) is 7.84. The molecule has 0 radical (unpaired) electrons. The van der Waals surface area contributed by atoms with Crippen molar-refractivity contribution >= 4 is 22.7 Å². The normalized spacial score (nSPS) is 23.9. The van der Waals surface area contributed by atoms with Crippen LogP contribution in [0.4, 0.5) is 0 Å².